The fourth-order valence-corrected chi connectivity index (χ4v) is 5.27. The maximum atomic E-state index is 15.5. The van der Waals surface area contributed by atoms with Crippen molar-refractivity contribution in [1.82, 2.24) is 9.55 Å². The number of halogens is 1. The Bertz CT molecular complexity index is 1590. The quantitative estimate of drug-likeness (QED) is 0.428. The number of hydrogen-bond donors (Lipinski definition) is 3. The molecular formula is C27H25FN4O6. The summed E-state index contributed by atoms with van der Waals surface area (Å²) in [6, 6.07) is 4.44. The largest absolute Gasteiger partial charge is 0.481 e. The van der Waals surface area contributed by atoms with Crippen molar-refractivity contribution in [3.05, 3.63) is 57.3 Å². The van der Waals surface area contributed by atoms with Gasteiger partial charge in [-0.2, -0.15) is 5.26 Å². The van der Waals surface area contributed by atoms with E-state index in [9.17, 15) is 29.9 Å². The molecule has 11 heteroatoms. The summed E-state index contributed by atoms with van der Waals surface area (Å²) in [4.78, 5) is 42.0. The van der Waals surface area contributed by atoms with Gasteiger partial charge in [-0.25, -0.2) is 14.2 Å². The maximum absolute atomic E-state index is 15.5. The lowest BCUT2D eigenvalue weighted by Crippen LogP contribution is -2.37. The number of anilines is 1. The second kappa shape index (κ2) is 9.54. The molecule has 196 valence electrons. The highest BCUT2D eigenvalue weighted by Gasteiger charge is 2.35. The van der Waals surface area contributed by atoms with E-state index in [2.05, 4.69) is 4.98 Å². The van der Waals surface area contributed by atoms with Crippen molar-refractivity contribution in [1.29, 1.82) is 5.26 Å². The van der Waals surface area contributed by atoms with E-state index in [1.54, 1.807) is 11.5 Å². The molecule has 2 aliphatic rings. The van der Waals surface area contributed by atoms with Gasteiger partial charge in [0.25, 0.3) is 0 Å². The molecule has 0 amide bonds. The number of aliphatic hydroxyl groups is 1. The number of aryl methyl sites for hydroxylation is 1. The molecule has 0 unspecified atom stereocenters. The van der Waals surface area contributed by atoms with Gasteiger partial charge in [0.05, 0.1) is 23.1 Å². The van der Waals surface area contributed by atoms with Gasteiger partial charge in [0.1, 0.15) is 29.4 Å². The number of nitrogens with zero attached hydrogens (tertiary/aromatic N) is 3. The molecule has 2 fully saturated rings. The standard InChI is InChI=1S/C27H25FN4O6/c1-12-22(15-4-14(9-29)25(30)31-10-15)21(28)8-19-23(12)32(16-2-3-16)11-20(24(19)34)27(37)38-18-6-13(26(35)36)5-17(33)7-18/h4,8,10-11,13,16-18,33H,2-3,5-7H2,1H3,(H2,30,31)(H,35,36)/t13-,17+,18-/m1/s1. The van der Waals surface area contributed by atoms with Gasteiger partial charge in [-0.3, -0.25) is 9.59 Å². The Labute approximate surface area is 216 Å². The van der Waals surface area contributed by atoms with E-state index in [0.717, 1.165) is 18.9 Å². The zero-order valence-electron chi connectivity index (χ0n) is 20.5. The summed E-state index contributed by atoms with van der Waals surface area (Å²) in [7, 11) is 0. The zero-order valence-corrected chi connectivity index (χ0v) is 20.5. The number of carboxylic acids is 1. The van der Waals surface area contributed by atoms with Crippen LogP contribution >= 0.6 is 0 Å². The van der Waals surface area contributed by atoms with Crippen LogP contribution in [-0.4, -0.2) is 43.9 Å². The van der Waals surface area contributed by atoms with Crippen LogP contribution in [0.3, 0.4) is 0 Å². The molecule has 4 N–H and O–H groups in total. The number of aliphatic carboxylic acids is 1. The second-order valence-corrected chi connectivity index (χ2v) is 9.96. The minimum absolute atomic E-state index is 0.00102. The van der Waals surface area contributed by atoms with Crippen LogP contribution in [0.5, 0.6) is 0 Å². The average molecular weight is 521 g/mol. The number of rotatable bonds is 5. The van der Waals surface area contributed by atoms with Crippen LogP contribution in [0.2, 0.25) is 0 Å². The third-order valence-corrected chi connectivity index (χ3v) is 7.26. The first-order chi connectivity index (χ1) is 18.1. The van der Waals surface area contributed by atoms with Crippen LogP contribution in [0.15, 0.2) is 29.3 Å². The normalized spacial score (nSPS) is 21.2. The number of benzene rings is 1. The van der Waals surface area contributed by atoms with Gasteiger partial charge in [0, 0.05) is 41.4 Å². The second-order valence-electron chi connectivity index (χ2n) is 9.96. The number of nitrogen functional groups attached to an aromatic ring is 1. The molecular weight excluding hydrogens is 495 g/mol. The first kappa shape index (κ1) is 25.4. The van der Waals surface area contributed by atoms with E-state index in [1.807, 2.05) is 6.07 Å². The molecule has 0 bridgehead atoms. The summed E-state index contributed by atoms with van der Waals surface area (Å²) in [5.41, 5.74) is 6.21. The molecule has 3 atom stereocenters. The van der Waals surface area contributed by atoms with Crippen molar-refractivity contribution in [3.8, 4) is 17.2 Å². The van der Waals surface area contributed by atoms with E-state index in [1.165, 1.54) is 18.5 Å². The minimum Gasteiger partial charge on any atom is -0.481 e. The van der Waals surface area contributed by atoms with Gasteiger partial charge in [0.15, 0.2) is 0 Å². The number of nitriles is 1. The Kier molecular flexibility index (Phi) is 6.36. The number of ether oxygens (including phenoxy) is 1. The predicted octanol–water partition coefficient (Wildman–Crippen LogP) is 3.07. The summed E-state index contributed by atoms with van der Waals surface area (Å²) in [6.45, 7) is 1.66. The van der Waals surface area contributed by atoms with Gasteiger partial charge in [-0.05, 0) is 50.3 Å². The first-order valence-corrected chi connectivity index (χ1v) is 12.2. The summed E-state index contributed by atoms with van der Waals surface area (Å²) < 4.78 is 22.8. The summed E-state index contributed by atoms with van der Waals surface area (Å²) >= 11 is 0. The molecule has 5 rings (SSSR count). The lowest BCUT2D eigenvalue weighted by atomic mass is 9.85. The number of aromatic nitrogens is 2. The van der Waals surface area contributed by atoms with Crippen LogP contribution in [0.25, 0.3) is 22.0 Å². The van der Waals surface area contributed by atoms with Crippen molar-refractivity contribution in [2.75, 3.05) is 5.73 Å². The highest BCUT2D eigenvalue weighted by atomic mass is 19.1. The fourth-order valence-electron chi connectivity index (χ4n) is 5.27. The molecule has 0 aliphatic heterocycles. The molecule has 0 radical (unpaired) electrons. The van der Waals surface area contributed by atoms with Crippen molar-refractivity contribution in [3.63, 3.8) is 0 Å². The van der Waals surface area contributed by atoms with Gasteiger partial charge < -0.3 is 25.3 Å². The third kappa shape index (κ3) is 4.48. The highest BCUT2D eigenvalue weighted by Crippen LogP contribution is 2.40. The van der Waals surface area contributed by atoms with Gasteiger partial charge in [0.2, 0.25) is 5.43 Å². The van der Waals surface area contributed by atoms with E-state index in [0.29, 0.717) is 16.6 Å². The number of aliphatic hydroxyl groups excluding tert-OH is 1. The number of carboxylic acid groups (broad SMARTS) is 1. The molecule has 0 spiro atoms. The van der Waals surface area contributed by atoms with Crippen molar-refractivity contribution in [2.45, 2.75) is 57.3 Å². The monoisotopic (exact) mass is 520 g/mol. The SMILES string of the molecule is Cc1c(-c2cnc(N)c(C#N)c2)c(F)cc2c(=O)c(C(=O)O[C@H]3C[C@@H](O)C[C@@H](C(=O)O)C3)cn(C3CC3)c12. The van der Waals surface area contributed by atoms with Gasteiger partial charge in [-0.1, -0.05) is 0 Å². The molecule has 0 saturated heterocycles. The van der Waals surface area contributed by atoms with E-state index in [4.69, 9.17) is 10.5 Å². The molecule has 2 heterocycles. The Morgan fingerprint density at radius 3 is 2.66 bits per heavy atom. The molecule has 1 aromatic carbocycles. The number of fused-ring (bicyclic) bond motifs is 1. The number of carbonyl (C=O) groups is 2. The Hall–Kier alpha value is -4.30. The Morgan fingerprint density at radius 2 is 2.00 bits per heavy atom. The minimum atomic E-state index is -1.09. The van der Waals surface area contributed by atoms with E-state index in [-0.39, 0.29) is 53.2 Å². The zero-order chi connectivity index (χ0) is 27.3. The van der Waals surface area contributed by atoms with Crippen LogP contribution < -0.4 is 11.2 Å². The van der Waals surface area contributed by atoms with Crippen LogP contribution in [0.4, 0.5) is 10.2 Å². The number of pyridine rings is 2. The fraction of sp³-hybridized carbons (Fsp3) is 0.370. The molecule has 2 aromatic heterocycles. The van der Waals surface area contributed by atoms with Crippen LogP contribution in [0.1, 0.15) is 59.6 Å². The molecule has 38 heavy (non-hydrogen) atoms. The molecule has 2 aliphatic carbocycles. The maximum Gasteiger partial charge on any atom is 0.343 e. The van der Waals surface area contributed by atoms with Gasteiger partial charge >= 0.3 is 11.9 Å². The topological polar surface area (TPSA) is 169 Å². The Balaban J connectivity index is 1.60. The number of esters is 1. The average Bonchev–Trinajstić information content (AvgIpc) is 3.70. The summed E-state index contributed by atoms with van der Waals surface area (Å²) in [5.74, 6) is -3.61. The van der Waals surface area contributed by atoms with Gasteiger partial charge in [-0.15, -0.1) is 0 Å². The summed E-state index contributed by atoms with van der Waals surface area (Å²) in [5, 5.41) is 28.7. The van der Waals surface area contributed by atoms with Crippen molar-refractivity contribution < 1.29 is 28.9 Å². The lowest BCUT2D eigenvalue weighted by molar-refractivity contribution is -0.146. The highest BCUT2D eigenvalue weighted by molar-refractivity contribution is 5.96. The summed E-state index contributed by atoms with van der Waals surface area (Å²) in [6.07, 6.45) is 2.72. The smallest absolute Gasteiger partial charge is 0.343 e. The number of carbonyl (C=O) groups excluding carboxylic acids is 1. The van der Waals surface area contributed by atoms with Crippen molar-refractivity contribution >= 4 is 28.7 Å². The first-order valence-electron chi connectivity index (χ1n) is 12.2. The Morgan fingerprint density at radius 1 is 1.26 bits per heavy atom. The number of nitrogens with two attached hydrogens (primary N) is 1. The van der Waals surface area contributed by atoms with Crippen LogP contribution in [-0.2, 0) is 9.53 Å². The molecule has 3 aromatic rings. The van der Waals surface area contributed by atoms with E-state index < -0.39 is 41.3 Å². The lowest BCUT2D eigenvalue weighted by Gasteiger charge is -2.30. The number of hydrogen-bond acceptors (Lipinski definition) is 8. The van der Waals surface area contributed by atoms with Crippen LogP contribution in [0, 0.1) is 30.0 Å². The van der Waals surface area contributed by atoms with Crippen molar-refractivity contribution in [2.24, 2.45) is 5.92 Å². The van der Waals surface area contributed by atoms with E-state index >= 15 is 4.39 Å². The molecule has 10 nitrogen and oxygen atoms in total. The molecule has 2 saturated carbocycles. The third-order valence-electron chi connectivity index (χ3n) is 7.26. The predicted molar refractivity (Wildman–Crippen MR) is 134 cm³/mol.